The number of hydrogen-bond acceptors (Lipinski definition) is 6. The summed E-state index contributed by atoms with van der Waals surface area (Å²) in [4.78, 5) is 29.1. The molecule has 0 aliphatic carbocycles. The first-order valence-corrected chi connectivity index (χ1v) is 15.8. The third-order valence-corrected chi connectivity index (χ3v) is 8.72. The van der Waals surface area contributed by atoms with Crippen molar-refractivity contribution in [1.82, 2.24) is 15.5 Å². The number of hydrogen-bond donors (Lipinski definition) is 3. The van der Waals surface area contributed by atoms with Crippen LogP contribution >= 0.6 is 0 Å². The third kappa shape index (κ3) is 6.60. The lowest BCUT2D eigenvalue weighted by atomic mass is 9.88. The Labute approximate surface area is 273 Å². The van der Waals surface area contributed by atoms with Gasteiger partial charge in [0, 0.05) is 67.1 Å². The standard InChI is InChI=1S/C38H36FN5O3/c1-3-42-32-22-33-31(34(37(46)41-2)35(47-33)26-12-14-29(39)15-13-26)21-30(32)27-10-7-11-28(20-27)36(45)43-38(24-40)16-18-44(19-17-38)23-25-8-5-4-6-9-25/h4-15,20-22,42H,3,16-19,23H2,1-2H3,(H,41,46)(H,43,45). The lowest BCUT2D eigenvalue weighted by molar-refractivity contribution is 0.0865. The fraction of sp³-hybridized carbons (Fsp3) is 0.237. The van der Waals surface area contributed by atoms with Crippen LogP contribution < -0.4 is 16.0 Å². The SMILES string of the molecule is CCNc1cc2oc(-c3ccc(F)cc3)c(C(=O)NC)c2cc1-c1cccc(C(=O)NC2(C#N)CCN(Cc3ccccc3)CC2)c1. The van der Waals surface area contributed by atoms with Crippen molar-refractivity contribution in [3.05, 3.63) is 114 Å². The molecule has 0 spiro atoms. The first-order valence-electron chi connectivity index (χ1n) is 15.8. The molecule has 2 heterocycles. The van der Waals surface area contributed by atoms with Crippen LogP contribution in [0, 0.1) is 17.1 Å². The molecule has 2 amide bonds. The van der Waals surface area contributed by atoms with Gasteiger partial charge in [0.05, 0.1) is 11.6 Å². The number of nitrogens with one attached hydrogen (secondary N) is 3. The Kier molecular flexibility index (Phi) is 9.05. The minimum atomic E-state index is -0.954. The summed E-state index contributed by atoms with van der Waals surface area (Å²) >= 11 is 0. The predicted molar refractivity (Wildman–Crippen MR) is 181 cm³/mol. The molecule has 0 atom stereocenters. The molecule has 0 radical (unpaired) electrons. The summed E-state index contributed by atoms with van der Waals surface area (Å²) < 4.78 is 19.9. The highest BCUT2D eigenvalue weighted by molar-refractivity contribution is 6.13. The number of furan rings is 1. The van der Waals surface area contributed by atoms with Gasteiger partial charge < -0.3 is 20.4 Å². The normalized spacial score (nSPS) is 14.3. The Bertz CT molecular complexity index is 1960. The fourth-order valence-corrected chi connectivity index (χ4v) is 6.19. The summed E-state index contributed by atoms with van der Waals surface area (Å²) in [5.74, 6) is -0.705. The zero-order valence-electron chi connectivity index (χ0n) is 26.4. The van der Waals surface area contributed by atoms with Crippen molar-refractivity contribution < 1.29 is 18.4 Å². The highest BCUT2D eigenvalue weighted by Gasteiger charge is 2.36. The van der Waals surface area contributed by atoms with Crippen LogP contribution in [-0.2, 0) is 6.54 Å². The van der Waals surface area contributed by atoms with Gasteiger partial charge in [0.25, 0.3) is 11.8 Å². The van der Waals surface area contributed by atoms with E-state index in [9.17, 15) is 19.2 Å². The Morgan fingerprint density at radius 1 is 0.936 bits per heavy atom. The topological polar surface area (TPSA) is 110 Å². The Morgan fingerprint density at radius 3 is 2.36 bits per heavy atom. The summed E-state index contributed by atoms with van der Waals surface area (Å²) in [6.45, 7) is 4.81. The molecule has 47 heavy (non-hydrogen) atoms. The molecule has 1 saturated heterocycles. The second kappa shape index (κ2) is 13.5. The van der Waals surface area contributed by atoms with E-state index < -0.39 is 5.54 Å². The molecule has 1 aliphatic heterocycles. The van der Waals surface area contributed by atoms with Crippen molar-refractivity contribution in [1.29, 1.82) is 5.26 Å². The molecule has 1 fully saturated rings. The van der Waals surface area contributed by atoms with Gasteiger partial charge in [-0.1, -0.05) is 42.5 Å². The molecule has 1 aromatic heterocycles. The van der Waals surface area contributed by atoms with Crippen molar-refractivity contribution in [3.8, 4) is 28.5 Å². The van der Waals surface area contributed by atoms with E-state index in [1.165, 1.54) is 17.7 Å². The number of nitriles is 1. The molecule has 238 valence electrons. The van der Waals surface area contributed by atoms with Crippen LogP contribution in [0.4, 0.5) is 10.1 Å². The summed E-state index contributed by atoms with van der Waals surface area (Å²) in [6, 6.07) is 29.4. The number of halogens is 1. The molecule has 4 aromatic carbocycles. The minimum Gasteiger partial charge on any atom is -0.455 e. The van der Waals surface area contributed by atoms with E-state index in [1.54, 1.807) is 31.3 Å². The summed E-state index contributed by atoms with van der Waals surface area (Å²) in [5, 5.41) is 19.9. The summed E-state index contributed by atoms with van der Waals surface area (Å²) in [6.07, 6.45) is 1.06. The summed E-state index contributed by atoms with van der Waals surface area (Å²) in [5.41, 5.74) is 4.39. The lowest BCUT2D eigenvalue weighted by Crippen LogP contribution is -2.54. The monoisotopic (exact) mass is 629 g/mol. The third-order valence-electron chi connectivity index (χ3n) is 8.72. The molecule has 1 aliphatic rings. The highest BCUT2D eigenvalue weighted by atomic mass is 19.1. The number of anilines is 1. The molecule has 5 aromatic rings. The van der Waals surface area contributed by atoms with E-state index in [2.05, 4.69) is 39.1 Å². The Hall–Kier alpha value is -5.46. The van der Waals surface area contributed by atoms with Crippen LogP contribution in [0.5, 0.6) is 0 Å². The number of amides is 2. The zero-order valence-corrected chi connectivity index (χ0v) is 26.4. The van der Waals surface area contributed by atoms with Crippen molar-refractivity contribution >= 4 is 28.5 Å². The first kappa shape index (κ1) is 31.5. The molecule has 0 bridgehead atoms. The van der Waals surface area contributed by atoms with Gasteiger partial charge in [-0.05, 0) is 73.4 Å². The Morgan fingerprint density at radius 2 is 1.68 bits per heavy atom. The number of nitrogens with zero attached hydrogens (tertiary/aromatic N) is 2. The molecular formula is C38H36FN5O3. The molecule has 3 N–H and O–H groups in total. The van der Waals surface area contributed by atoms with E-state index in [-0.39, 0.29) is 17.6 Å². The number of rotatable bonds is 9. The van der Waals surface area contributed by atoms with Gasteiger partial charge in [-0.25, -0.2) is 4.39 Å². The Balaban J connectivity index is 1.30. The van der Waals surface area contributed by atoms with Gasteiger partial charge in [0.2, 0.25) is 0 Å². The maximum absolute atomic E-state index is 13.7. The number of benzene rings is 4. The molecule has 6 rings (SSSR count). The van der Waals surface area contributed by atoms with Gasteiger partial charge in [0.15, 0.2) is 0 Å². The number of carbonyl (C=O) groups is 2. The van der Waals surface area contributed by atoms with Crippen LogP contribution in [0.15, 0.2) is 95.4 Å². The second-order valence-corrected chi connectivity index (χ2v) is 11.8. The number of piperidine rings is 1. The van der Waals surface area contributed by atoms with Gasteiger partial charge in [-0.2, -0.15) is 5.26 Å². The maximum atomic E-state index is 13.7. The van der Waals surface area contributed by atoms with Crippen LogP contribution in [-0.4, -0.2) is 48.9 Å². The molecule has 9 heteroatoms. The fourth-order valence-electron chi connectivity index (χ4n) is 6.19. The van der Waals surface area contributed by atoms with Crippen LogP contribution in [0.3, 0.4) is 0 Å². The van der Waals surface area contributed by atoms with E-state index in [0.29, 0.717) is 65.9 Å². The number of carbonyl (C=O) groups excluding carboxylic acids is 2. The van der Waals surface area contributed by atoms with Crippen molar-refractivity contribution in [2.45, 2.75) is 31.8 Å². The predicted octanol–water partition coefficient (Wildman–Crippen LogP) is 6.99. The van der Waals surface area contributed by atoms with E-state index in [4.69, 9.17) is 4.42 Å². The van der Waals surface area contributed by atoms with Gasteiger partial charge in [-0.3, -0.25) is 14.5 Å². The van der Waals surface area contributed by atoms with Gasteiger partial charge in [0.1, 0.15) is 22.7 Å². The van der Waals surface area contributed by atoms with Crippen molar-refractivity contribution in [2.24, 2.45) is 0 Å². The van der Waals surface area contributed by atoms with Gasteiger partial charge in [-0.15, -0.1) is 0 Å². The average Bonchev–Trinajstić information content (AvgIpc) is 3.48. The minimum absolute atomic E-state index is 0.316. The van der Waals surface area contributed by atoms with Crippen LogP contribution in [0.25, 0.3) is 33.4 Å². The maximum Gasteiger partial charge on any atom is 0.255 e. The second-order valence-electron chi connectivity index (χ2n) is 11.8. The molecule has 8 nitrogen and oxygen atoms in total. The summed E-state index contributed by atoms with van der Waals surface area (Å²) in [7, 11) is 1.55. The average molecular weight is 630 g/mol. The van der Waals surface area contributed by atoms with Gasteiger partial charge >= 0.3 is 0 Å². The van der Waals surface area contributed by atoms with Crippen LogP contribution in [0.1, 0.15) is 46.0 Å². The zero-order chi connectivity index (χ0) is 33.0. The number of fused-ring (bicyclic) bond motifs is 1. The lowest BCUT2D eigenvalue weighted by Gasteiger charge is -2.37. The molecule has 0 saturated carbocycles. The van der Waals surface area contributed by atoms with Crippen molar-refractivity contribution in [3.63, 3.8) is 0 Å². The van der Waals surface area contributed by atoms with Crippen molar-refractivity contribution in [2.75, 3.05) is 32.0 Å². The van der Waals surface area contributed by atoms with E-state index in [1.807, 2.05) is 49.4 Å². The van der Waals surface area contributed by atoms with Crippen LogP contribution in [0.2, 0.25) is 0 Å². The molecule has 0 unspecified atom stereocenters. The number of likely N-dealkylation sites (tertiary alicyclic amines) is 1. The quantitative estimate of drug-likeness (QED) is 0.162. The smallest absolute Gasteiger partial charge is 0.255 e. The first-order chi connectivity index (χ1) is 22.8. The highest BCUT2D eigenvalue weighted by Crippen LogP contribution is 2.40. The van der Waals surface area contributed by atoms with E-state index >= 15 is 0 Å². The largest absolute Gasteiger partial charge is 0.455 e. The molecular weight excluding hydrogens is 593 g/mol. The van der Waals surface area contributed by atoms with E-state index in [0.717, 1.165) is 23.4 Å².